The van der Waals surface area contributed by atoms with E-state index in [1.165, 1.54) is 0 Å². The summed E-state index contributed by atoms with van der Waals surface area (Å²) in [7, 11) is 0. The maximum Gasteiger partial charge on any atom is 0.234 e. The number of carbonyl (C=O) groups excluding carboxylic acids is 1. The van der Waals surface area contributed by atoms with Gasteiger partial charge in [0, 0.05) is 6.54 Å². The highest BCUT2D eigenvalue weighted by molar-refractivity contribution is 5.85. The lowest BCUT2D eigenvalue weighted by Gasteiger charge is -2.32. The molecule has 4 nitrogen and oxygen atoms in total. The summed E-state index contributed by atoms with van der Waals surface area (Å²) >= 11 is 0. The molecule has 0 aromatic carbocycles. The van der Waals surface area contributed by atoms with Crippen molar-refractivity contribution in [3.8, 4) is 0 Å². The average molecular weight is 302 g/mol. The van der Waals surface area contributed by atoms with Crippen LogP contribution in [-0.2, 0) is 4.79 Å². The van der Waals surface area contributed by atoms with Gasteiger partial charge in [0.15, 0.2) is 0 Å². The van der Waals surface area contributed by atoms with E-state index in [1.54, 1.807) is 0 Å². The van der Waals surface area contributed by atoms with E-state index in [2.05, 4.69) is 37.9 Å². The lowest BCUT2D eigenvalue weighted by atomic mass is 9.93. The summed E-state index contributed by atoms with van der Waals surface area (Å²) in [6, 6.07) is 0. The van der Waals surface area contributed by atoms with E-state index < -0.39 is 0 Å². The third-order valence-electron chi connectivity index (χ3n) is 3.41. The van der Waals surface area contributed by atoms with Gasteiger partial charge in [0.1, 0.15) is 0 Å². The molecule has 1 amide bonds. The number of rotatable bonds is 8. The number of hydrogen-bond acceptors (Lipinski definition) is 3. The first-order valence-electron chi connectivity index (χ1n) is 6.30. The van der Waals surface area contributed by atoms with Crippen LogP contribution < -0.4 is 11.1 Å². The van der Waals surface area contributed by atoms with Gasteiger partial charge < -0.3 is 11.1 Å². The van der Waals surface area contributed by atoms with E-state index in [4.69, 9.17) is 5.73 Å². The van der Waals surface area contributed by atoms with Crippen LogP contribution in [0.2, 0.25) is 0 Å². The number of amides is 1. The summed E-state index contributed by atoms with van der Waals surface area (Å²) < 4.78 is 0. The predicted octanol–water partition coefficient (Wildman–Crippen LogP) is 1.81. The molecule has 0 saturated carbocycles. The minimum absolute atomic E-state index is 0. The predicted molar refractivity (Wildman–Crippen MR) is 82.8 cm³/mol. The Morgan fingerprint density at radius 3 is 1.83 bits per heavy atom. The van der Waals surface area contributed by atoms with Crippen LogP contribution in [0.1, 0.15) is 40.5 Å². The fourth-order valence-corrected chi connectivity index (χ4v) is 1.75. The summed E-state index contributed by atoms with van der Waals surface area (Å²) in [5.41, 5.74) is 5.53. The number of carbonyl (C=O) groups is 1. The Hall–Kier alpha value is -0.0300. The van der Waals surface area contributed by atoms with Crippen LogP contribution in [0.25, 0.3) is 0 Å². The molecule has 6 heteroatoms. The first-order chi connectivity index (χ1) is 7.57. The lowest BCUT2D eigenvalue weighted by Crippen LogP contribution is -2.55. The van der Waals surface area contributed by atoms with Crippen LogP contribution in [0.3, 0.4) is 0 Å². The first-order valence-corrected chi connectivity index (χ1v) is 6.30. The van der Waals surface area contributed by atoms with Gasteiger partial charge in [0.05, 0.1) is 12.1 Å². The van der Waals surface area contributed by atoms with E-state index in [0.29, 0.717) is 13.1 Å². The number of nitrogens with two attached hydrogens (primary N) is 1. The monoisotopic (exact) mass is 301 g/mol. The van der Waals surface area contributed by atoms with Crippen molar-refractivity contribution in [3.05, 3.63) is 0 Å². The highest BCUT2D eigenvalue weighted by Gasteiger charge is 2.26. The molecule has 0 aliphatic rings. The molecule has 0 aromatic rings. The van der Waals surface area contributed by atoms with Gasteiger partial charge in [-0.3, -0.25) is 9.69 Å². The molecule has 0 bridgehead atoms. The Kier molecular flexibility index (Phi) is 15.4. The number of hydrogen-bond donors (Lipinski definition) is 2. The summed E-state index contributed by atoms with van der Waals surface area (Å²) in [6.45, 7) is 11.0. The normalized spacial score (nSPS) is 10.6. The number of nitrogens with zero attached hydrogens (tertiary/aromatic N) is 1. The molecule has 18 heavy (non-hydrogen) atoms. The summed E-state index contributed by atoms with van der Waals surface area (Å²) in [5, 5.41) is 3.07. The zero-order valence-corrected chi connectivity index (χ0v) is 13.6. The lowest BCUT2D eigenvalue weighted by molar-refractivity contribution is -0.124. The number of likely N-dealkylation sites (N-methyl/N-ethyl adjacent to an activating group) is 1. The first kappa shape index (κ1) is 23.1. The van der Waals surface area contributed by atoms with Gasteiger partial charge in [0.2, 0.25) is 5.91 Å². The molecule has 0 unspecified atom stereocenters. The molecule has 0 atom stereocenters. The van der Waals surface area contributed by atoms with Crippen LogP contribution in [-0.4, -0.2) is 42.5 Å². The van der Waals surface area contributed by atoms with Gasteiger partial charge >= 0.3 is 0 Å². The molecule has 0 radical (unpaired) electrons. The highest BCUT2D eigenvalue weighted by atomic mass is 35.5. The van der Waals surface area contributed by atoms with E-state index in [-0.39, 0.29) is 36.3 Å². The Balaban J connectivity index is -0.00000112. The van der Waals surface area contributed by atoms with E-state index in [0.717, 1.165) is 25.9 Å². The van der Waals surface area contributed by atoms with Crippen molar-refractivity contribution in [1.82, 2.24) is 10.2 Å². The Morgan fingerprint density at radius 1 is 1.11 bits per heavy atom. The van der Waals surface area contributed by atoms with Crippen molar-refractivity contribution >= 4 is 30.7 Å². The molecule has 0 saturated heterocycles. The largest absolute Gasteiger partial charge is 0.348 e. The number of halogens is 2. The Morgan fingerprint density at radius 2 is 1.56 bits per heavy atom. The van der Waals surface area contributed by atoms with Gasteiger partial charge in [-0.2, -0.15) is 0 Å². The van der Waals surface area contributed by atoms with Gasteiger partial charge in [-0.1, -0.05) is 27.7 Å². The maximum absolute atomic E-state index is 11.9. The second kappa shape index (κ2) is 12.0. The second-order valence-corrected chi connectivity index (χ2v) is 4.20. The van der Waals surface area contributed by atoms with Crippen LogP contribution in [0.5, 0.6) is 0 Å². The molecule has 0 spiro atoms. The molecule has 0 aliphatic carbocycles. The van der Waals surface area contributed by atoms with E-state index in [1.807, 2.05) is 0 Å². The fourth-order valence-electron chi connectivity index (χ4n) is 1.75. The van der Waals surface area contributed by atoms with E-state index in [9.17, 15) is 4.79 Å². The van der Waals surface area contributed by atoms with Crippen molar-refractivity contribution in [2.45, 2.75) is 46.1 Å². The van der Waals surface area contributed by atoms with Gasteiger partial charge in [-0.15, -0.1) is 24.8 Å². The molecule has 0 aromatic heterocycles. The minimum atomic E-state index is -0.218. The third kappa shape index (κ3) is 7.41. The van der Waals surface area contributed by atoms with Crippen molar-refractivity contribution in [1.29, 1.82) is 0 Å². The smallest absolute Gasteiger partial charge is 0.234 e. The topological polar surface area (TPSA) is 58.4 Å². The molecule has 0 aliphatic heterocycles. The fraction of sp³-hybridized carbons (Fsp3) is 0.917. The summed E-state index contributed by atoms with van der Waals surface area (Å²) in [4.78, 5) is 14.0. The van der Waals surface area contributed by atoms with Crippen molar-refractivity contribution < 1.29 is 4.79 Å². The van der Waals surface area contributed by atoms with E-state index >= 15 is 0 Å². The van der Waals surface area contributed by atoms with Gasteiger partial charge in [0.25, 0.3) is 0 Å². The van der Waals surface area contributed by atoms with Crippen molar-refractivity contribution in [2.24, 2.45) is 5.73 Å². The van der Waals surface area contributed by atoms with Gasteiger partial charge in [-0.05, 0) is 25.9 Å². The van der Waals surface area contributed by atoms with Crippen LogP contribution in [0.4, 0.5) is 0 Å². The van der Waals surface area contributed by atoms with Crippen molar-refractivity contribution in [2.75, 3.05) is 26.2 Å². The zero-order chi connectivity index (χ0) is 12.6. The molecular weight excluding hydrogens is 273 g/mol. The molecule has 3 N–H and O–H groups in total. The Labute approximate surface area is 124 Å². The van der Waals surface area contributed by atoms with Crippen LogP contribution >= 0.6 is 24.8 Å². The van der Waals surface area contributed by atoms with Crippen LogP contribution in [0, 0.1) is 0 Å². The molecule has 112 valence electrons. The molecule has 0 heterocycles. The maximum atomic E-state index is 11.9. The Bertz CT molecular complexity index is 199. The standard InChI is InChI=1S/C12H27N3O.2ClH/c1-5-12(6-2,10-13)14-11(16)9-15(7-3)8-4;;/h5-10,13H2,1-4H3,(H,14,16);2*1H. The van der Waals surface area contributed by atoms with Crippen molar-refractivity contribution in [3.63, 3.8) is 0 Å². The highest BCUT2D eigenvalue weighted by Crippen LogP contribution is 2.12. The quantitative estimate of drug-likeness (QED) is 0.719. The third-order valence-corrected chi connectivity index (χ3v) is 3.41. The average Bonchev–Trinajstić information content (AvgIpc) is 2.33. The molecular formula is C12H29Cl2N3O. The van der Waals surface area contributed by atoms with Crippen LogP contribution in [0.15, 0.2) is 0 Å². The molecule has 0 rings (SSSR count). The molecule has 0 fully saturated rings. The SMILES string of the molecule is CCN(CC)CC(=O)NC(CC)(CC)CN.Cl.Cl. The number of nitrogens with one attached hydrogen (secondary N) is 1. The summed E-state index contributed by atoms with van der Waals surface area (Å²) in [6.07, 6.45) is 1.76. The zero-order valence-electron chi connectivity index (χ0n) is 12.0. The minimum Gasteiger partial charge on any atom is -0.348 e. The van der Waals surface area contributed by atoms with Gasteiger partial charge in [-0.25, -0.2) is 0 Å². The summed E-state index contributed by atoms with van der Waals surface area (Å²) in [5.74, 6) is 0.0813. The second-order valence-electron chi connectivity index (χ2n) is 4.20.